The average molecular weight is 329 g/mol. The summed E-state index contributed by atoms with van der Waals surface area (Å²) in [5, 5.41) is 13.0. The van der Waals surface area contributed by atoms with Gasteiger partial charge in [-0.25, -0.2) is 0 Å². The van der Waals surface area contributed by atoms with E-state index in [4.69, 9.17) is 9.47 Å². The van der Waals surface area contributed by atoms with Crippen molar-refractivity contribution in [3.63, 3.8) is 0 Å². The third kappa shape index (κ3) is 4.98. The highest BCUT2D eigenvalue weighted by molar-refractivity contribution is 5.74. The third-order valence-corrected chi connectivity index (χ3v) is 3.91. The van der Waals surface area contributed by atoms with Crippen LogP contribution in [0.25, 0.3) is 11.1 Å². The van der Waals surface area contributed by atoms with Crippen molar-refractivity contribution < 1.29 is 14.6 Å². The summed E-state index contributed by atoms with van der Waals surface area (Å²) >= 11 is 0. The Hall–Kier alpha value is -2.04. The molecular weight excluding hydrogens is 302 g/mol. The summed E-state index contributed by atoms with van der Waals surface area (Å²) in [5.74, 6) is 1.17. The number of benzene rings is 2. The Labute approximate surface area is 144 Å². The molecule has 0 bridgehead atoms. The molecule has 0 unspecified atom stereocenters. The smallest absolute Gasteiger partial charge is 0.127 e. The van der Waals surface area contributed by atoms with Crippen molar-refractivity contribution in [1.29, 1.82) is 0 Å². The number of ether oxygens (including phenoxy) is 2. The van der Waals surface area contributed by atoms with Crippen LogP contribution < -0.4 is 10.1 Å². The molecule has 4 nitrogen and oxygen atoms in total. The van der Waals surface area contributed by atoms with Crippen LogP contribution in [-0.2, 0) is 11.2 Å². The van der Waals surface area contributed by atoms with Gasteiger partial charge in [0.2, 0.25) is 0 Å². The fourth-order valence-electron chi connectivity index (χ4n) is 2.65. The van der Waals surface area contributed by atoms with E-state index < -0.39 is 0 Å². The number of aryl methyl sites for hydroxylation is 2. The molecule has 130 valence electrons. The Morgan fingerprint density at radius 3 is 2.54 bits per heavy atom. The topological polar surface area (TPSA) is 50.7 Å². The Balaban J connectivity index is 2.16. The van der Waals surface area contributed by atoms with Gasteiger partial charge in [0.15, 0.2) is 0 Å². The lowest BCUT2D eigenvalue weighted by Gasteiger charge is -2.15. The van der Waals surface area contributed by atoms with Crippen LogP contribution >= 0.6 is 0 Å². The molecule has 2 N–H and O–H groups in total. The monoisotopic (exact) mass is 329 g/mol. The minimum absolute atomic E-state index is 0.299. The molecule has 0 spiro atoms. The molecule has 0 saturated heterocycles. The average Bonchev–Trinajstić information content (AvgIpc) is 2.59. The molecular formula is C20H27NO3. The van der Waals surface area contributed by atoms with Crippen molar-refractivity contribution in [3.8, 4) is 22.6 Å². The van der Waals surface area contributed by atoms with Gasteiger partial charge >= 0.3 is 0 Å². The Bertz CT molecular complexity index is 655. The minimum atomic E-state index is 0.299. The van der Waals surface area contributed by atoms with Crippen molar-refractivity contribution in [2.24, 2.45) is 0 Å². The maximum Gasteiger partial charge on any atom is 0.127 e. The van der Waals surface area contributed by atoms with E-state index >= 15 is 0 Å². The van der Waals surface area contributed by atoms with Crippen LogP contribution in [0.5, 0.6) is 11.5 Å². The van der Waals surface area contributed by atoms with Gasteiger partial charge in [-0.15, -0.1) is 0 Å². The number of rotatable bonds is 9. The fourth-order valence-corrected chi connectivity index (χ4v) is 2.65. The summed E-state index contributed by atoms with van der Waals surface area (Å²) in [4.78, 5) is 0. The SMILES string of the molecule is CCc1cc(O)ccc1-c1cc(C)ccc1OCCNCCOC. The van der Waals surface area contributed by atoms with Gasteiger partial charge in [-0.3, -0.25) is 0 Å². The molecule has 0 aliphatic carbocycles. The van der Waals surface area contributed by atoms with E-state index in [0.717, 1.165) is 42.0 Å². The van der Waals surface area contributed by atoms with Crippen molar-refractivity contribution >= 4 is 0 Å². The molecule has 24 heavy (non-hydrogen) atoms. The van der Waals surface area contributed by atoms with Crippen LogP contribution in [0.15, 0.2) is 36.4 Å². The molecule has 0 saturated carbocycles. The highest BCUT2D eigenvalue weighted by Gasteiger charge is 2.11. The van der Waals surface area contributed by atoms with Crippen LogP contribution in [0, 0.1) is 6.92 Å². The summed E-state index contributed by atoms with van der Waals surface area (Å²) in [6.45, 7) is 7.05. The highest BCUT2D eigenvalue weighted by atomic mass is 16.5. The van der Waals surface area contributed by atoms with Gasteiger partial charge in [0.1, 0.15) is 18.1 Å². The maximum absolute atomic E-state index is 9.73. The number of phenolic OH excluding ortho intramolecular Hbond substituents is 1. The lowest BCUT2D eigenvalue weighted by atomic mass is 9.96. The Morgan fingerprint density at radius 2 is 1.79 bits per heavy atom. The Morgan fingerprint density at radius 1 is 1.00 bits per heavy atom. The number of aromatic hydroxyl groups is 1. The van der Waals surface area contributed by atoms with Crippen molar-refractivity contribution in [1.82, 2.24) is 5.32 Å². The van der Waals surface area contributed by atoms with E-state index in [1.807, 2.05) is 18.2 Å². The molecule has 2 rings (SSSR count). The number of phenols is 1. The van der Waals surface area contributed by atoms with Gasteiger partial charge in [-0.1, -0.05) is 24.6 Å². The van der Waals surface area contributed by atoms with Crippen molar-refractivity contribution in [2.75, 3.05) is 33.4 Å². The van der Waals surface area contributed by atoms with Gasteiger partial charge in [-0.05, 0) is 48.7 Å². The molecule has 0 aliphatic heterocycles. The number of nitrogens with one attached hydrogen (secondary N) is 1. The Kier molecular flexibility index (Phi) is 7.09. The number of hydrogen-bond acceptors (Lipinski definition) is 4. The second-order valence-electron chi connectivity index (χ2n) is 5.79. The van der Waals surface area contributed by atoms with Gasteiger partial charge in [0.25, 0.3) is 0 Å². The van der Waals surface area contributed by atoms with Crippen LogP contribution in [-0.4, -0.2) is 38.5 Å². The molecule has 0 radical (unpaired) electrons. The van der Waals surface area contributed by atoms with Gasteiger partial charge in [-0.2, -0.15) is 0 Å². The summed E-state index contributed by atoms with van der Waals surface area (Å²) < 4.78 is 11.0. The van der Waals surface area contributed by atoms with E-state index in [1.165, 1.54) is 5.56 Å². The quantitative estimate of drug-likeness (QED) is 0.691. The zero-order valence-corrected chi connectivity index (χ0v) is 14.8. The molecule has 0 heterocycles. The first-order valence-electron chi connectivity index (χ1n) is 8.41. The van der Waals surface area contributed by atoms with Crippen molar-refractivity contribution in [3.05, 3.63) is 47.5 Å². The van der Waals surface area contributed by atoms with Gasteiger partial charge < -0.3 is 19.9 Å². The molecule has 0 fully saturated rings. The van der Waals surface area contributed by atoms with Crippen LogP contribution in [0.1, 0.15) is 18.1 Å². The highest BCUT2D eigenvalue weighted by Crippen LogP contribution is 2.35. The van der Waals surface area contributed by atoms with Crippen LogP contribution in [0.3, 0.4) is 0 Å². The third-order valence-electron chi connectivity index (χ3n) is 3.91. The molecule has 0 amide bonds. The largest absolute Gasteiger partial charge is 0.508 e. The van der Waals surface area contributed by atoms with Gasteiger partial charge in [0, 0.05) is 25.8 Å². The number of hydrogen-bond donors (Lipinski definition) is 2. The summed E-state index contributed by atoms with van der Waals surface area (Å²) in [5.41, 5.74) is 4.49. The first kappa shape index (κ1) is 18.3. The lowest BCUT2D eigenvalue weighted by Crippen LogP contribution is -2.24. The van der Waals surface area contributed by atoms with E-state index in [2.05, 4.69) is 31.3 Å². The first-order valence-corrected chi connectivity index (χ1v) is 8.41. The normalized spacial score (nSPS) is 10.8. The lowest BCUT2D eigenvalue weighted by molar-refractivity contribution is 0.197. The van der Waals surface area contributed by atoms with Crippen LogP contribution in [0.2, 0.25) is 0 Å². The van der Waals surface area contributed by atoms with Gasteiger partial charge in [0.05, 0.1) is 6.61 Å². The molecule has 0 aromatic heterocycles. The molecule has 2 aromatic carbocycles. The molecule has 0 atom stereocenters. The molecule has 0 aliphatic rings. The second-order valence-corrected chi connectivity index (χ2v) is 5.79. The zero-order chi connectivity index (χ0) is 17.4. The summed E-state index contributed by atoms with van der Waals surface area (Å²) in [6, 6.07) is 11.7. The first-order chi connectivity index (χ1) is 11.7. The maximum atomic E-state index is 9.73. The van der Waals surface area contributed by atoms with E-state index in [0.29, 0.717) is 19.0 Å². The number of methoxy groups -OCH3 is 1. The predicted octanol–water partition coefficient (Wildman–Crippen LogP) is 3.54. The van der Waals surface area contributed by atoms with E-state index in [-0.39, 0.29) is 0 Å². The summed E-state index contributed by atoms with van der Waals surface area (Å²) in [6.07, 6.45) is 0.857. The van der Waals surface area contributed by atoms with Crippen molar-refractivity contribution in [2.45, 2.75) is 20.3 Å². The van der Waals surface area contributed by atoms with E-state index in [1.54, 1.807) is 13.2 Å². The fraction of sp³-hybridized carbons (Fsp3) is 0.400. The zero-order valence-electron chi connectivity index (χ0n) is 14.8. The minimum Gasteiger partial charge on any atom is -0.508 e. The molecule has 4 heteroatoms. The van der Waals surface area contributed by atoms with Crippen LogP contribution in [0.4, 0.5) is 0 Å². The van der Waals surface area contributed by atoms with E-state index in [9.17, 15) is 5.11 Å². The summed E-state index contributed by atoms with van der Waals surface area (Å²) in [7, 11) is 1.69. The molecule has 2 aromatic rings. The standard InChI is InChI=1S/C20H27NO3/c1-4-16-14-17(22)6-7-18(16)19-13-15(2)5-8-20(19)24-12-10-21-9-11-23-3/h5-8,13-14,21-22H,4,9-12H2,1-3H3. The second kappa shape index (κ2) is 9.30. The predicted molar refractivity (Wildman–Crippen MR) is 97.9 cm³/mol.